The Bertz CT molecular complexity index is 424. The number of nitrogens with one attached hydrogen (secondary N) is 2. The van der Waals surface area contributed by atoms with E-state index in [-0.39, 0.29) is 11.2 Å². The number of hydrogen-bond acceptors (Lipinski definition) is 1. The van der Waals surface area contributed by atoms with Gasteiger partial charge in [0.15, 0.2) is 5.96 Å². The highest BCUT2D eigenvalue weighted by Gasteiger charge is 2.44. The van der Waals surface area contributed by atoms with E-state index in [0.717, 1.165) is 30.9 Å². The molecule has 0 aromatic heterocycles. The molecule has 2 N–H and O–H groups in total. The number of aliphatic imine (C=N–C) groups is 1. The molecule has 1 aromatic rings. The second kappa shape index (κ2) is 4.73. The topological polar surface area (TPSA) is 36.4 Å². The molecule has 92 valence electrons. The average Bonchev–Trinajstić information content (AvgIpc) is 3.12. The molecule has 3 nitrogen and oxygen atoms in total. The molecule has 4 heteroatoms. The Morgan fingerprint density at radius 3 is 2.76 bits per heavy atom. The Kier molecular flexibility index (Phi) is 3.31. The largest absolute Gasteiger partial charge is 0.359 e. The summed E-state index contributed by atoms with van der Waals surface area (Å²) >= 11 is 0. The van der Waals surface area contributed by atoms with Crippen LogP contribution in [-0.4, -0.2) is 26.6 Å². The zero-order valence-corrected chi connectivity index (χ0v) is 10.3. The summed E-state index contributed by atoms with van der Waals surface area (Å²) in [6.07, 6.45) is 2.20. The van der Waals surface area contributed by atoms with Crippen LogP contribution >= 0.6 is 0 Å². The summed E-state index contributed by atoms with van der Waals surface area (Å²) in [4.78, 5) is 4.07. The fourth-order valence-corrected chi connectivity index (χ4v) is 2.07. The highest BCUT2D eigenvalue weighted by Crippen LogP contribution is 2.47. The molecular weight excluding hydrogens is 217 g/mol. The van der Waals surface area contributed by atoms with Gasteiger partial charge in [-0.15, -0.1) is 0 Å². The van der Waals surface area contributed by atoms with Gasteiger partial charge >= 0.3 is 0 Å². The monoisotopic (exact) mass is 235 g/mol. The Balaban J connectivity index is 2.05. The fraction of sp³-hybridized carbons (Fsp3) is 0.462. The molecule has 2 rings (SSSR count). The number of hydrogen-bond donors (Lipinski definition) is 2. The second-order valence-electron chi connectivity index (χ2n) is 4.47. The molecule has 0 aliphatic heterocycles. The van der Waals surface area contributed by atoms with E-state index in [0.29, 0.717) is 0 Å². The number of nitrogens with zero attached hydrogens (tertiary/aromatic N) is 1. The quantitative estimate of drug-likeness (QED) is 0.617. The van der Waals surface area contributed by atoms with Crippen molar-refractivity contribution in [3.8, 4) is 0 Å². The number of benzene rings is 1. The molecule has 1 aromatic carbocycles. The fourth-order valence-electron chi connectivity index (χ4n) is 2.07. The minimum Gasteiger partial charge on any atom is -0.359 e. The Morgan fingerprint density at radius 2 is 2.24 bits per heavy atom. The van der Waals surface area contributed by atoms with Gasteiger partial charge < -0.3 is 10.6 Å². The van der Waals surface area contributed by atoms with Crippen molar-refractivity contribution >= 4 is 5.96 Å². The zero-order valence-electron chi connectivity index (χ0n) is 10.3. The predicted octanol–water partition coefficient (Wildman–Crippen LogP) is 1.65. The van der Waals surface area contributed by atoms with E-state index in [1.165, 1.54) is 6.07 Å². The molecule has 0 unspecified atom stereocenters. The summed E-state index contributed by atoms with van der Waals surface area (Å²) in [5.74, 6) is 0.611. The predicted molar refractivity (Wildman–Crippen MR) is 67.7 cm³/mol. The van der Waals surface area contributed by atoms with Gasteiger partial charge in [-0.3, -0.25) is 4.99 Å². The third-order valence-corrected chi connectivity index (χ3v) is 3.35. The smallest absolute Gasteiger partial charge is 0.190 e. The van der Waals surface area contributed by atoms with Crippen molar-refractivity contribution in [1.29, 1.82) is 0 Å². The molecule has 1 aliphatic carbocycles. The van der Waals surface area contributed by atoms with Crippen LogP contribution in [0, 0.1) is 5.82 Å². The summed E-state index contributed by atoms with van der Waals surface area (Å²) < 4.78 is 13.2. The van der Waals surface area contributed by atoms with Gasteiger partial charge in [-0.25, -0.2) is 4.39 Å². The molecule has 1 fully saturated rings. The minimum absolute atomic E-state index is 0.0922. The molecule has 1 aliphatic rings. The maximum Gasteiger partial charge on any atom is 0.190 e. The van der Waals surface area contributed by atoms with Gasteiger partial charge in [-0.1, -0.05) is 12.1 Å². The summed E-state index contributed by atoms with van der Waals surface area (Å²) in [6, 6.07) is 6.90. The number of rotatable bonds is 3. The standard InChI is InChI=1S/C13H18FN3/c1-15-12(16-2)17-9-13(6-7-13)10-4-3-5-11(14)8-10/h3-5,8H,6-7,9H2,1-2H3,(H2,15,16,17). The van der Waals surface area contributed by atoms with E-state index >= 15 is 0 Å². The highest BCUT2D eigenvalue weighted by molar-refractivity contribution is 5.79. The first-order chi connectivity index (χ1) is 8.20. The molecular formula is C13H18FN3. The summed E-state index contributed by atoms with van der Waals surface area (Å²) in [5, 5.41) is 6.24. The van der Waals surface area contributed by atoms with Crippen molar-refractivity contribution in [1.82, 2.24) is 10.6 Å². The molecule has 0 saturated heterocycles. The summed E-state index contributed by atoms with van der Waals surface area (Å²) in [7, 11) is 3.57. The SMILES string of the molecule is CN=C(NC)NCC1(c2cccc(F)c2)CC1. The first kappa shape index (κ1) is 11.9. The van der Waals surface area contributed by atoms with Gasteiger partial charge in [0.05, 0.1) is 0 Å². The van der Waals surface area contributed by atoms with E-state index in [1.54, 1.807) is 19.2 Å². The number of halogens is 1. The van der Waals surface area contributed by atoms with Crippen LogP contribution in [0.2, 0.25) is 0 Å². The lowest BCUT2D eigenvalue weighted by Gasteiger charge is -2.18. The third kappa shape index (κ3) is 2.57. The lowest BCUT2D eigenvalue weighted by Crippen LogP contribution is -2.39. The van der Waals surface area contributed by atoms with Crippen LogP contribution in [0.25, 0.3) is 0 Å². The van der Waals surface area contributed by atoms with E-state index in [4.69, 9.17) is 0 Å². The maximum absolute atomic E-state index is 13.2. The van der Waals surface area contributed by atoms with Crippen molar-refractivity contribution in [2.24, 2.45) is 4.99 Å². The van der Waals surface area contributed by atoms with Gasteiger partial charge in [-0.05, 0) is 30.5 Å². The van der Waals surface area contributed by atoms with Crippen molar-refractivity contribution < 1.29 is 4.39 Å². The van der Waals surface area contributed by atoms with E-state index in [9.17, 15) is 4.39 Å². The normalized spacial score (nSPS) is 17.7. The second-order valence-corrected chi connectivity index (χ2v) is 4.47. The van der Waals surface area contributed by atoms with Crippen molar-refractivity contribution in [3.63, 3.8) is 0 Å². The van der Waals surface area contributed by atoms with Gasteiger partial charge in [0, 0.05) is 26.1 Å². The maximum atomic E-state index is 13.2. The van der Waals surface area contributed by atoms with Crippen LogP contribution in [0.15, 0.2) is 29.3 Å². The zero-order chi connectivity index (χ0) is 12.3. The molecule has 0 spiro atoms. The highest BCUT2D eigenvalue weighted by atomic mass is 19.1. The average molecular weight is 235 g/mol. The molecule has 0 radical (unpaired) electrons. The van der Waals surface area contributed by atoms with Crippen LogP contribution in [0.5, 0.6) is 0 Å². The Morgan fingerprint density at radius 1 is 1.47 bits per heavy atom. The molecule has 1 saturated carbocycles. The minimum atomic E-state index is -0.160. The van der Waals surface area contributed by atoms with Crippen LogP contribution in [-0.2, 0) is 5.41 Å². The molecule has 0 amide bonds. The van der Waals surface area contributed by atoms with Gasteiger partial charge in [0.25, 0.3) is 0 Å². The van der Waals surface area contributed by atoms with E-state index in [2.05, 4.69) is 15.6 Å². The lowest BCUT2D eigenvalue weighted by molar-refractivity contribution is 0.608. The first-order valence-electron chi connectivity index (χ1n) is 5.85. The first-order valence-corrected chi connectivity index (χ1v) is 5.85. The molecule has 0 atom stereocenters. The van der Waals surface area contributed by atoms with Crippen LogP contribution < -0.4 is 10.6 Å². The Hall–Kier alpha value is -1.58. The van der Waals surface area contributed by atoms with Crippen LogP contribution in [0.1, 0.15) is 18.4 Å². The van der Waals surface area contributed by atoms with Crippen LogP contribution in [0.4, 0.5) is 4.39 Å². The van der Waals surface area contributed by atoms with E-state index in [1.807, 2.05) is 13.1 Å². The van der Waals surface area contributed by atoms with Crippen molar-refractivity contribution in [2.45, 2.75) is 18.3 Å². The van der Waals surface area contributed by atoms with Gasteiger partial charge in [0.1, 0.15) is 5.82 Å². The lowest BCUT2D eigenvalue weighted by atomic mass is 9.96. The van der Waals surface area contributed by atoms with Crippen molar-refractivity contribution in [2.75, 3.05) is 20.6 Å². The molecule has 17 heavy (non-hydrogen) atoms. The summed E-state index contributed by atoms with van der Waals surface area (Å²) in [5.41, 5.74) is 1.17. The van der Waals surface area contributed by atoms with Crippen LogP contribution in [0.3, 0.4) is 0 Å². The summed E-state index contributed by atoms with van der Waals surface area (Å²) in [6.45, 7) is 0.796. The molecule has 0 heterocycles. The third-order valence-electron chi connectivity index (χ3n) is 3.35. The Labute approximate surface area is 101 Å². The molecule has 0 bridgehead atoms. The number of guanidine groups is 1. The van der Waals surface area contributed by atoms with E-state index < -0.39 is 0 Å². The van der Waals surface area contributed by atoms with Gasteiger partial charge in [-0.2, -0.15) is 0 Å². The van der Waals surface area contributed by atoms with Gasteiger partial charge in [0.2, 0.25) is 0 Å². The van der Waals surface area contributed by atoms with Crippen molar-refractivity contribution in [3.05, 3.63) is 35.6 Å².